The summed E-state index contributed by atoms with van der Waals surface area (Å²) in [4.78, 5) is 32.0. The molecule has 2 aromatic heterocycles. The number of hydrogen-bond acceptors (Lipinski definition) is 6. The molecular weight excluding hydrogens is 338 g/mol. The first-order chi connectivity index (χ1) is 11.9. The van der Waals surface area contributed by atoms with Crippen LogP contribution in [0.15, 0.2) is 29.8 Å². The molecule has 0 aliphatic heterocycles. The number of carbonyl (C=O) groups excluding carboxylic acids is 2. The molecule has 1 aliphatic carbocycles. The van der Waals surface area contributed by atoms with E-state index in [0.29, 0.717) is 5.69 Å². The van der Waals surface area contributed by atoms with Gasteiger partial charge in [0, 0.05) is 23.2 Å². The molecule has 1 saturated carbocycles. The summed E-state index contributed by atoms with van der Waals surface area (Å²) in [6, 6.07) is 4.61. The molecule has 0 aromatic carbocycles. The fraction of sp³-hybridized carbons (Fsp3) is 0.471. The Morgan fingerprint density at radius 2 is 2.08 bits per heavy atom. The van der Waals surface area contributed by atoms with Gasteiger partial charge >= 0.3 is 0 Å². The summed E-state index contributed by atoms with van der Waals surface area (Å²) in [5.41, 5.74) is 0.402. The molecule has 8 heteroatoms. The average molecular weight is 359 g/mol. The summed E-state index contributed by atoms with van der Waals surface area (Å²) in [5, 5.41) is 8.46. The molecule has 1 aliphatic rings. The maximum atomic E-state index is 13.0. The normalized spacial score (nSPS) is 15.5. The predicted molar refractivity (Wildman–Crippen MR) is 94.0 cm³/mol. The van der Waals surface area contributed by atoms with E-state index in [1.54, 1.807) is 28.6 Å². The van der Waals surface area contributed by atoms with E-state index in [-0.39, 0.29) is 23.6 Å². The molecule has 7 nitrogen and oxygen atoms in total. The molecule has 1 fully saturated rings. The Labute approximate surface area is 150 Å². The predicted octanol–water partition coefficient (Wildman–Crippen LogP) is 2.19. The maximum absolute atomic E-state index is 13.0. The minimum atomic E-state index is -0.790. The topological polar surface area (TPSA) is 88.1 Å². The lowest BCUT2D eigenvalue weighted by atomic mass is 10.0. The number of nitrogens with one attached hydrogen (secondary N) is 1. The summed E-state index contributed by atoms with van der Waals surface area (Å²) >= 11 is 1.12. The molecule has 3 rings (SSSR count). The van der Waals surface area contributed by atoms with Crippen LogP contribution in [0.5, 0.6) is 0 Å². The Hall–Kier alpha value is -2.35. The summed E-state index contributed by atoms with van der Waals surface area (Å²) in [7, 11) is 0. The minimum Gasteiger partial charge on any atom is -0.349 e. The molecular formula is C17H21N5O2S. The fourth-order valence-electron chi connectivity index (χ4n) is 2.62. The highest BCUT2D eigenvalue weighted by Gasteiger charge is 2.43. The average Bonchev–Trinajstić information content (AvgIpc) is 3.23. The first-order valence-electron chi connectivity index (χ1n) is 8.19. The van der Waals surface area contributed by atoms with E-state index in [1.807, 2.05) is 26.8 Å². The Morgan fingerprint density at radius 1 is 1.32 bits per heavy atom. The molecule has 25 heavy (non-hydrogen) atoms. The number of rotatable bonds is 5. The van der Waals surface area contributed by atoms with Crippen molar-refractivity contribution in [1.29, 1.82) is 0 Å². The number of hydrogen-bond donors (Lipinski definition) is 1. The van der Waals surface area contributed by atoms with Crippen LogP contribution in [-0.4, -0.2) is 42.9 Å². The summed E-state index contributed by atoms with van der Waals surface area (Å²) in [6.45, 7) is 5.73. The van der Waals surface area contributed by atoms with Crippen molar-refractivity contribution in [2.24, 2.45) is 0 Å². The summed E-state index contributed by atoms with van der Waals surface area (Å²) in [5.74, 6) is -0.523. The monoisotopic (exact) mass is 359 g/mol. The zero-order chi connectivity index (χ0) is 18.0. The van der Waals surface area contributed by atoms with Gasteiger partial charge in [-0.1, -0.05) is 10.6 Å². The van der Waals surface area contributed by atoms with E-state index in [0.717, 1.165) is 24.4 Å². The highest BCUT2D eigenvalue weighted by molar-refractivity contribution is 7.03. The number of nitrogens with zero attached hydrogens (tertiary/aromatic N) is 4. The number of pyridine rings is 1. The quantitative estimate of drug-likeness (QED) is 0.884. The molecule has 0 saturated heterocycles. The molecule has 1 N–H and O–H groups in total. The summed E-state index contributed by atoms with van der Waals surface area (Å²) in [6.07, 6.45) is 3.37. The van der Waals surface area contributed by atoms with Gasteiger partial charge in [0.15, 0.2) is 11.7 Å². The van der Waals surface area contributed by atoms with Crippen molar-refractivity contribution < 1.29 is 9.59 Å². The van der Waals surface area contributed by atoms with Gasteiger partial charge in [-0.15, -0.1) is 5.10 Å². The molecule has 0 bridgehead atoms. The zero-order valence-electron chi connectivity index (χ0n) is 14.5. The number of aromatic nitrogens is 3. The van der Waals surface area contributed by atoms with E-state index in [1.165, 1.54) is 0 Å². The second-order valence-electron chi connectivity index (χ2n) is 7.13. The Kier molecular flexibility index (Phi) is 4.80. The minimum absolute atomic E-state index is 0.0203. The second kappa shape index (κ2) is 6.87. The van der Waals surface area contributed by atoms with Crippen molar-refractivity contribution in [2.75, 3.05) is 0 Å². The van der Waals surface area contributed by atoms with Crippen LogP contribution in [0.4, 0.5) is 0 Å². The van der Waals surface area contributed by atoms with Crippen LogP contribution in [0.2, 0.25) is 0 Å². The third kappa shape index (κ3) is 4.19. The van der Waals surface area contributed by atoms with Gasteiger partial charge in [0.2, 0.25) is 5.91 Å². The van der Waals surface area contributed by atoms with Crippen molar-refractivity contribution in [3.8, 4) is 0 Å². The number of carbonyl (C=O) groups is 2. The highest BCUT2D eigenvalue weighted by Crippen LogP contribution is 2.35. The Bertz CT molecular complexity index is 738. The standard InChI is InChI=1S/C17H21N5O2S/c1-17(2,3)19-15(23)14(12-6-4-5-9-18-12)22(11-7-8-11)16(24)13-10-25-21-20-13/h4-6,9-11,14H,7-8H2,1-3H3,(H,19,23)/t14-/m0/s1. The van der Waals surface area contributed by atoms with E-state index in [9.17, 15) is 9.59 Å². The lowest BCUT2D eigenvalue weighted by Crippen LogP contribution is -2.50. The van der Waals surface area contributed by atoms with Crippen molar-refractivity contribution in [2.45, 2.75) is 51.2 Å². The lowest BCUT2D eigenvalue weighted by molar-refractivity contribution is -0.127. The van der Waals surface area contributed by atoms with E-state index in [4.69, 9.17) is 0 Å². The van der Waals surface area contributed by atoms with E-state index < -0.39 is 11.6 Å². The molecule has 0 spiro atoms. The van der Waals surface area contributed by atoms with Crippen molar-refractivity contribution >= 4 is 23.3 Å². The van der Waals surface area contributed by atoms with Gasteiger partial charge in [-0.3, -0.25) is 14.6 Å². The van der Waals surface area contributed by atoms with E-state index >= 15 is 0 Å². The first-order valence-corrected chi connectivity index (χ1v) is 9.03. The van der Waals surface area contributed by atoms with Crippen LogP contribution < -0.4 is 5.32 Å². The SMILES string of the molecule is CC(C)(C)NC(=O)[C@H](c1ccccn1)N(C(=O)c1csnn1)C1CC1. The molecule has 0 unspecified atom stereocenters. The van der Waals surface area contributed by atoms with Crippen molar-refractivity contribution in [3.63, 3.8) is 0 Å². The smallest absolute Gasteiger partial charge is 0.276 e. The third-order valence-electron chi connectivity index (χ3n) is 3.75. The zero-order valence-corrected chi connectivity index (χ0v) is 15.3. The van der Waals surface area contributed by atoms with Crippen molar-refractivity contribution in [3.05, 3.63) is 41.2 Å². The molecule has 0 radical (unpaired) electrons. The van der Waals surface area contributed by atoms with Gasteiger partial charge in [0.25, 0.3) is 5.91 Å². The van der Waals surface area contributed by atoms with Crippen LogP contribution in [0.25, 0.3) is 0 Å². The molecule has 2 aromatic rings. The van der Waals surface area contributed by atoms with Gasteiger partial charge in [-0.25, -0.2) is 0 Å². The number of amides is 2. The highest BCUT2D eigenvalue weighted by atomic mass is 32.1. The van der Waals surface area contributed by atoms with Crippen LogP contribution in [-0.2, 0) is 4.79 Å². The largest absolute Gasteiger partial charge is 0.349 e. The maximum Gasteiger partial charge on any atom is 0.276 e. The van der Waals surface area contributed by atoms with Gasteiger partial charge in [-0.05, 0) is 57.3 Å². The molecule has 2 heterocycles. The summed E-state index contributed by atoms with van der Waals surface area (Å²) < 4.78 is 3.77. The van der Waals surface area contributed by atoms with Gasteiger partial charge < -0.3 is 10.2 Å². The Morgan fingerprint density at radius 3 is 2.60 bits per heavy atom. The van der Waals surface area contributed by atoms with Gasteiger partial charge in [-0.2, -0.15) is 0 Å². The Balaban J connectivity index is 1.99. The fourth-order valence-corrected chi connectivity index (χ4v) is 3.05. The first kappa shape index (κ1) is 17.5. The van der Waals surface area contributed by atoms with Crippen molar-refractivity contribution in [1.82, 2.24) is 24.8 Å². The second-order valence-corrected chi connectivity index (χ2v) is 7.74. The van der Waals surface area contributed by atoms with Crippen LogP contribution in [0.3, 0.4) is 0 Å². The van der Waals surface area contributed by atoms with Crippen LogP contribution >= 0.6 is 11.5 Å². The van der Waals surface area contributed by atoms with Crippen LogP contribution in [0, 0.1) is 0 Å². The van der Waals surface area contributed by atoms with E-state index in [2.05, 4.69) is 19.9 Å². The van der Waals surface area contributed by atoms with Gasteiger partial charge in [0.1, 0.15) is 0 Å². The molecule has 1 atom stereocenters. The molecule has 132 valence electrons. The van der Waals surface area contributed by atoms with Gasteiger partial charge in [0.05, 0.1) is 5.69 Å². The molecule has 2 amide bonds. The lowest BCUT2D eigenvalue weighted by Gasteiger charge is -2.32. The third-order valence-corrected chi connectivity index (χ3v) is 4.25. The van der Waals surface area contributed by atoms with Crippen LogP contribution in [0.1, 0.15) is 55.8 Å².